The highest BCUT2D eigenvalue weighted by molar-refractivity contribution is 7.17. The van der Waals surface area contributed by atoms with Gasteiger partial charge in [0.05, 0.1) is 15.6 Å². The Hall–Kier alpha value is -1.39. The molecule has 0 radical (unpaired) electrons. The van der Waals surface area contributed by atoms with Crippen LogP contribution in [0, 0.1) is 12.3 Å². The van der Waals surface area contributed by atoms with E-state index < -0.39 is 0 Å². The van der Waals surface area contributed by atoms with Crippen LogP contribution in [0.4, 0.5) is 0 Å². The fourth-order valence-electron chi connectivity index (χ4n) is 1.40. The van der Waals surface area contributed by atoms with E-state index in [1.807, 2.05) is 31.2 Å². The molecule has 1 aromatic heterocycles. The molecule has 0 fully saturated rings. The van der Waals surface area contributed by atoms with E-state index in [1.54, 1.807) is 0 Å². The Morgan fingerprint density at radius 1 is 1.44 bits per heavy atom. The lowest BCUT2D eigenvalue weighted by atomic mass is 10.2. The molecule has 1 heterocycles. The minimum absolute atomic E-state index is 0.0494. The van der Waals surface area contributed by atoms with Crippen molar-refractivity contribution in [3.8, 4) is 10.6 Å². The third kappa shape index (κ3) is 1.94. The number of aryl methyl sites for hydroxylation is 1. The number of hydrogen-bond donors (Lipinski definition) is 2. The molecule has 0 amide bonds. The van der Waals surface area contributed by atoms with Crippen LogP contribution in [-0.2, 0) is 0 Å². The van der Waals surface area contributed by atoms with Gasteiger partial charge in [-0.1, -0.05) is 29.8 Å². The Labute approximate surface area is 102 Å². The van der Waals surface area contributed by atoms with Crippen LogP contribution in [0.1, 0.15) is 10.6 Å². The number of benzene rings is 1. The second kappa shape index (κ2) is 4.23. The number of amidine groups is 1. The van der Waals surface area contributed by atoms with Gasteiger partial charge in [-0.2, -0.15) is 0 Å². The number of aromatic nitrogens is 1. The third-order valence-corrected chi connectivity index (χ3v) is 3.70. The molecule has 16 heavy (non-hydrogen) atoms. The van der Waals surface area contributed by atoms with Crippen molar-refractivity contribution in [2.75, 3.05) is 0 Å². The second-order valence-corrected chi connectivity index (χ2v) is 4.73. The van der Waals surface area contributed by atoms with Crippen LogP contribution in [0.5, 0.6) is 0 Å². The highest BCUT2D eigenvalue weighted by Crippen LogP contribution is 2.32. The predicted octanol–water partition coefficient (Wildman–Crippen LogP) is 3.06. The highest BCUT2D eigenvalue weighted by Gasteiger charge is 2.12. The maximum Gasteiger partial charge on any atom is 0.135 e. The molecule has 0 spiro atoms. The van der Waals surface area contributed by atoms with Crippen LogP contribution in [0.25, 0.3) is 10.6 Å². The van der Waals surface area contributed by atoms with Gasteiger partial charge in [0, 0.05) is 5.56 Å². The number of nitrogen functional groups attached to an aromatic ring is 1. The van der Waals surface area contributed by atoms with Crippen molar-refractivity contribution >= 4 is 28.8 Å². The van der Waals surface area contributed by atoms with E-state index in [1.165, 1.54) is 11.3 Å². The summed E-state index contributed by atoms with van der Waals surface area (Å²) < 4.78 is 0. The molecule has 0 saturated carbocycles. The zero-order valence-electron chi connectivity index (χ0n) is 8.62. The van der Waals surface area contributed by atoms with Crippen LogP contribution in [-0.4, -0.2) is 10.8 Å². The maximum atomic E-state index is 7.42. The van der Waals surface area contributed by atoms with E-state index in [0.717, 1.165) is 16.3 Å². The van der Waals surface area contributed by atoms with Gasteiger partial charge >= 0.3 is 0 Å². The van der Waals surface area contributed by atoms with Gasteiger partial charge in [0.15, 0.2) is 0 Å². The van der Waals surface area contributed by atoms with Crippen LogP contribution < -0.4 is 5.73 Å². The summed E-state index contributed by atoms with van der Waals surface area (Å²) in [6.45, 7) is 1.84. The molecule has 1 aromatic carbocycles. The van der Waals surface area contributed by atoms with Crippen LogP contribution in [0.2, 0.25) is 5.02 Å². The summed E-state index contributed by atoms with van der Waals surface area (Å²) in [5.41, 5.74) is 7.11. The minimum atomic E-state index is 0.0494. The summed E-state index contributed by atoms with van der Waals surface area (Å²) in [4.78, 5) is 5.08. The molecule has 3 nitrogen and oxygen atoms in total. The van der Waals surface area contributed by atoms with Gasteiger partial charge < -0.3 is 5.73 Å². The molecule has 5 heteroatoms. The predicted molar refractivity (Wildman–Crippen MR) is 68.3 cm³/mol. The van der Waals surface area contributed by atoms with Crippen LogP contribution in [0.15, 0.2) is 24.3 Å². The van der Waals surface area contributed by atoms with Crippen molar-refractivity contribution in [1.29, 1.82) is 5.41 Å². The lowest BCUT2D eigenvalue weighted by molar-refractivity contribution is 1.25. The monoisotopic (exact) mass is 251 g/mol. The largest absolute Gasteiger partial charge is 0.383 e. The number of hydrogen-bond acceptors (Lipinski definition) is 3. The fraction of sp³-hybridized carbons (Fsp3) is 0.0909. The number of halogens is 1. The standard InChI is InChI=1S/C11H10ClN3S/c1-6-9(10(13)14)16-11(15-6)7-4-2-3-5-8(7)12/h2-5H,1H3,(H3,13,14). The van der Waals surface area contributed by atoms with E-state index in [-0.39, 0.29) is 5.84 Å². The number of nitrogens with one attached hydrogen (secondary N) is 1. The number of rotatable bonds is 2. The Bertz CT molecular complexity index is 548. The summed E-state index contributed by atoms with van der Waals surface area (Å²) >= 11 is 7.47. The number of thiazole rings is 1. The fourth-order valence-corrected chi connectivity index (χ4v) is 2.64. The van der Waals surface area contributed by atoms with Gasteiger partial charge in [-0.3, -0.25) is 5.41 Å². The smallest absolute Gasteiger partial charge is 0.135 e. The van der Waals surface area contributed by atoms with E-state index in [2.05, 4.69) is 4.98 Å². The zero-order valence-corrected chi connectivity index (χ0v) is 10.2. The van der Waals surface area contributed by atoms with Crippen molar-refractivity contribution in [3.63, 3.8) is 0 Å². The Morgan fingerprint density at radius 2 is 2.12 bits per heavy atom. The van der Waals surface area contributed by atoms with Crippen molar-refractivity contribution in [2.24, 2.45) is 5.73 Å². The summed E-state index contributed by atoms with van der Waals surface area (Å²) in [6, 6.07) is 7.51. The first kappa shape index (κ1) is 11.1. The molecule has 0 bridgehead atoms. The summed E-state index contributed by atoms with van der Waals surface area (Å²) in [7, 11) is 0. The summed E-state index contributed by atoms with van der Waals surface area (Å²) in [5, 5.41) is 8.88. The Morgan fingerprint density at radius 3 is 2.69 bits per heavy atom. The Balaban J connectivity index is 2.54. The van der Waals surface area contributed by atoms with Crippen molar-refractivity contribution in [1.82, 2.24) is 4.98 Å². The van der Waals surface area contributed by atoms with E-state index in [4.69, 9.17) is 22.7 Å². The average Bonchev–Trinajstić information content (AvgIpc) is 2.61. The van der Waals surface area contributed by atoms with Gasteiger partial charge in [-0.05, 0) is 13.0 Å². The molecule has 0 aliphatic rings. The third-order valence-electron chi connectivity index (χ3n) is 2.15. The van der Waals surface area contributed by atoms with Crippen LogP contribution >= 0.6 is 22.9 Å². The van der Waals surface area contributed by atoms with E-state index in [0.29, 0.717) is 9.90 Å². The van der Waals surface area contributed by atoms with E-state index >= 15 is 0 Å². The molecule has 0 aliphatic carbocycles. The minimum Gasteiger partial charge on any atom is -0.383 e. The SMILES string of the molecule is Cc1nc(-c2ccccc2Cl)sc1C(=N)N. The van der Waals surface area contributed by atoms with Gasteiger partial charge in [0.25, 0.3) is 0 Å². The number of nitrogens with two attached hydrogens (primary N) is 1. The first-order chi connectivity index (χ1) is 7.59. The zero-order chi connectivity index (χ0) is 11.7. The number of nitrogens with zero attached hydrogens (tertiary/aromatic N) is 1. The van der Waals surface area contributed by atoms with Crippen molar-refractivity contribution in [2.45, 2.75) is 6.92 Å². The molecule has 82 valence electrons. The molecule has 0 aliphatic heterocycles. The quantitative estimate of drug-likeness (QED) is 0.637. The second-order valence-electron chi connectivity index (χ2n) is 3.33. The van der Waals surface area contributed by atoms with Crippen molar-refractivity contribution < 1.29 is 0 Å². The summed E-state index contributed by atoms with van der Waals surface area (Å²) in [6.07, 6.45) is 0. The Kier molecular flexibility index (Phi) is 2.94. The first-order valence-electron chi connectivity index (χ1n) is 4.66. The molecule has 0 unspecified atom stereocenters. The molecular formula is C11H10ClN3S. The molecular weight excluding hydrogens is 242 g/mol. The van der Waals surface area contributed by atoms with Gasteiger partial charge in [-0.25, -0.2) is 4.98 Å². The summed E-state index contributed by atoms with van der Waals surface area (Å²) in [5.74, 6) is 0.0494. The molecule has 0 saturated heterocycles. The average molecular weight is 252 g/mol. The molecule has 2 aromatic rings. The molecule has 3 N–H and O–H groups in total. The maximum absolute atomic E-state index is 7.42. The highest BCUT2D eigenvalue weighted by atomic mass is 35.5. The topological polar surface area (TPSA) is 62.8 Å². The van der Waals surface area contributed by atoms with Gasteiger partial charge in [0.1, 0.15) is 10.8 Å². The van der Waals surface area contributed by atoms with Crippen LogP contribution in [0.3, 0.4) is 0 Å². The molecule has 2 rings (SSSR count). The van der Waals surface area contributed by atoms with Gasteiger partial charge in [0.2, 0.25) is 0 Å². The lowest BCUT2D eigenvalue weighted by Gasteiger charge is -1.97. The van der Waals surface area contributed by atoms with Gasteiger partial charge in [-0.15, -0.1) is 11.3 Å². The first-order valence-corrected chi connectivity index (χ1v) is 5.85. The van der Waals surface area contributed by atoms with E-state index in [9.17, 15) is 0 Å². The lowest BCUT2D eigenvalue weighted by Crippen LogP contribution is -2.10. The van der Waals surface area contributed by atoms with Crippen molar-refractivity contribution in [3.05, 3.63) is 39.9 Å². The molecule has 0 atom stereocenters. The normalized spacial score (nSPS) is 10.4.